The van der Waals surface area contributed by atoms with Crippen LogP contribution in [0.3, 0.4) is 0 Å². The Morgan fingerprint density at radius 2 is 1.86 bits per heavy atom. The number of nitrogens with zero attached hydrogens (tertiary/aromatic N) is 2. The molecule has 2 unspecified atom stereocenters. The molecule has 0 saturated carbocycles. The molecule has 0 aromatic carbocycles. The van der Waals surface area contributed by atoms with Crippen molar-refractivity contribution in [2.24, 2.45) is 17.8 Å². The first-order chi connectivity index (χ1) is 9.95. The maximum atomic E-state index is 12.8. The van der Waals surface area contributed by atoms with Crippen LogP contribution in [0, 0.1) is 17.8 Å². The maximum absolute atomic E-state index is 12.8. The second kappa shape index (κ2) is 7.40. The van der Waals surface area contributed by atoms with E-state index >= 15 is 0 Å². The summed E-state index contributed by atoms with van der Waals surface area (Å²) >= 11 is 0. The van der Waals surface area contributed by atoms with Crippen LogP contribution in [-0.2, 0) is 10.2 Å². The van der Waals surface area contributed by atoms with Crippen molar-refractivity contribution in [3.05, 3.63) is 0 Å². The third-order valence-corrected chi connectivity index (χ3v) is 6.92. The molecule has 2 aliphatic rings. The minimum atomic E-state index is -3.25. The van der Waals surface area contributed by atoms with Crippen molar-refractivity contribution < 1.29 is 8.42 Å². The molecule has 5 nitrogen and oxygen atoms in total. The quantitative estimate of drug-likeness (QED) is 0.808. The fourth-order valence-electron chi connectivity index (χ4n) is 3.42. The van der Waals surface area contributed by atoms with Crippen LogP contribution in [-0.4, -0.2) is 56.3 Å². The molecular formula is C15H31N3O2S. The number of hydrogen-bond acceptors (Lipinski definition) is 3. The molecule has 2 atom stereocenters. The molecule has 0 aliphatic carbocycles. The van der Waals surface area contributed by atoms with Gasteiger partial charge >= 0.3 is 0 Å². The van der Waals surface area contributed by atoms with Crippen molar-refractivity contribution in [1.29, 1.82) is 0 Å². The van der Waals surface area contributed by atoms with Gasteiger partial charge in [-0.25, -0.2) is 0 Å². The highest BCUT2D eigenvalue weighted by Gasteiger charge is 2.38. The van der Waals surface area contributed by atoms with E-state index in [2.05, 4.69) is 26.1 Å². The Morgan fingerprint density at radius 3 is 2.48 bits per heavy atom. The molecule has 0 spiro atoms. The van der Waals surface area contributed by atoms with Crippen molar-refractivity contribution in [2.75, 3.05) is 39.3 Å². The topological polar surface area (TPSA) is 52.7 Å². The van der Waals surface area contributed by atoms with Crippen LogP contribution in [0.5, 0.6) is 0 Å². The van der Waals surface area contributed by atoms with Crippen molar-refractivity contribution >= 4 is 10.2 Å². The van der Waals surface area contributed by atoms with Gasteiger partial charge in [0.1, 0.15) is 0 Å². The van der Waals surface area contributed by atoms with Crippen molar-refractivity contribution in [3.63, 3.8) is 0 Å². The number of hydrogen-bond donors (Lipinski definition) is 1. The largest absolute Gasteiger partial charge is 0.317 e. The Hall–Kier alpha value is -0.170. The molecule has 1 N–H and O–H groups in total. The second-order valence-corrected chi connectivity index (χ2v) is 8.76. The summed E-state index contributed by atoms with van der Waals surface area (Å²) in [6.45, 7) is 11.1. The van der Waals surface area contributed by atoms with Crippen LogP contribution < -0.4 is 5.32 Å². The van der Waals surface area contributed by atoms with E-state index < -0.39 is 10.2 Å². The lowest BCUT2D eigenvalue weighted by atomic mass is 9.96. The number of rotatable bonds is 6. The third kappa shape index (κ3) is 4.18. The third-order valence-electron chi connectivity index (χ3n) is 4.95. The number of nitrogens with one attached hydrogen (secondary N) is 1. The van der Waals surface area contributed by atoms with Crippen LogP contribution in [0.4, 0.5) is 0 Å². The SMILES string of the molecule is CCNCC1CCCN(S(=O)(=O)N2CCC(C(C)C)C2)C1. The van der Waals surface area contributed by atoms with Gasteiger partial charge in [-0.3, -0.25) is 0 Å². The van der Waals surface area contributed by atoms with Gasteiger partial charge in [0.05, 0.1) is 0 Å². The van der Waals surface area contributed by atoms with E-state index in [0.717, 1.165) is 32.4 Å². The lowest BCUT2D eigenvalue weighted by Crippen LogP contribution is -2.48. The summed E-state index contributed by atoms with van der Waals surface area (Å²) in [4.78, 5) is 0. The molecule has 0 aromatic heterocycles. The minimum Gasteiger partial charge on any atom is -0.317 e. The molecule has 2 heterocycles. The molecule has 0 aromatic rings. The van der Waals surface area contributed by atoms with E-state index in [0.29, 0.717) is 43.9 Å². The Morgan fingerprint density at radius 1 is 1.14 bits per heavy atom. The monoisotopic (exact) mass is 317 g/mol. The van der Waals surface area contributed by atoms with Gasteiger partial charge in [-0.2, -0.15) is 17.0 Å². The lowest BCUT2D eigenvalue weighted by molar-refractivity contribution is 0.245. The maximum Gasteiger partial charge on any atom is 0.281 e. The molecule has 2 aliphatic heterocycles. The Kier molecular flexibility index (Phi) is 6.05. The normalized spacial score (nSPS) is 29.3. The van der Waals surface area contributed by atoms with Crippen LogP contribution in [0.1, 0.15) is 40.0 Å². The van der Waals surface area contributed by atoms with E-state index in [1.54, 1.807) is 8.61 Å². The average Bonchev–Trinajstić information content (AvgIpc) is 2.96. The fraction of sp³-hybridized carbons (Fsp3) is 1.00. The van der Waals surface area contributed by atoms with Gasteiger partial charge in [-0.1, -0.05) is 20.8 Å². The van der Waals surface area contributed by atoms with Gasteiger partial charge in [0.15, 0.2) is 0 Å². The van der Waals surface area contributed by atoms with Gasteiger partial charge in [-0.05, 0) is 50.1 Å². The molecular weight excluding hydrogens is 286 g/mol. The van der Waals surface area contributed by atoms with Gasteiger partial charge < -0.3 is 5.32 Å². The van der Waals surface area contributed by atoms with Crippen LogP contribution in [0.25, 0.3) is 0 Å². The summed E-state index contributed by atoms with van der Waals surface area (Å²) in [6, 6.07) is 0. The highest BCUT2D eigenvalue weighted by molar-refractivity contribution is 7.86. The molecule has 21 heavy (non-hydrogen) atoms. The summed E-state index contributed by atoms with van der Waals surface area (Å²) in [5.74, 6) is 1.53. The molecule has 2 saturated heterocycles. The Balaban J connectivity index is 1.96. The van der Waals surface area contributed by atoms with Gasteiger partial charge in [0, 0.05) is 26.2 Å². The van der Waals surface area contributed by atoms with Gasteiger partial charge in [0.2, 0.25) is 0 Å². The van der Waals surface area contributed by atoms with Gasteiger partial charge in [0.25, 0.3) is 10.2 Å². The molecule has 0 bridgehead atoms. The molecule has 0 amide bonds. The zero-order chi connectivity index (χ0) is 15.5. The van der Waals surface area contributed by atoms with Crippen molar-refractivity contribution in [3.8, 4) is 0 Å². The summed E-state index contributed by atoms with van der Waals surface area (Å²) in [5, 5.41) is 3.35. The summed E-state index contributed by atoms with van der Waals surface area (Å²) in [5.41, 5.74) is 0. The van der Waals surface area contributed by atoms with Crippen molar-refractivity contribution in [2.45, 2.75) is 40.0 Å². The fourth-order valence-corrected chi connectivity index (χ4v) is 5.22. The molecule has 0 radical (unpaired) electrons. The Labute approximate surface area is 130 Å². The summed E-state index contributed by atoms with van der Waals surface area (Å²) in [6.07, 6.45) is 3.12. The predicted octanol–water partition coefficient (Wildman–Crippen LogP) is 1.53. The second-order valence-electron chi connectivity index (χ2n) is 6.83. The average molecular weight is 317 g/mol. The lowest BCUT2D eigenvalue weighted by Gasteiger charge is -2.34. The summed E-state index contributed by atoms with van der Waals surface area (Å²) in [7, 11) is -3.25. The standard InChI is InChI=1S/C15H31N3O2S/c1-4-16-10-14-6-5-8-17(11-14)21(19,20)18-9-7-15(12-18)13(2)3/h13-16H,4-12H2,1-3H3. The highest BCUT2D eigenvalue weighted by atomic mass is 32.2. The minimum absolute atomic E-state index is 0.456. The number of piperidine rings is 1. The Bertz CT molecular complexity index is 425. The van der Waals surface area contributed by atoms with Crippen LogP contribution >= 0.6 is 0 Å². The molecule has 2 rings (SSSR count). The van der Waals surface area contributed by atoms with E-state index in [9.17, 15) is 8.42 Å². The molecule has 2 fully saturated rings. The van der Waals surface area contributed by atoms with E-state index in [-0.39, 0.29) is 0 Å². The van der Waals surface area contributed by atoms with E-state index in [1.807, 2.05) is 0 Å². The summed E-state index contributed by atoms with van der Waals surface area (Å²) < 4.78 is 29.1. The zero-order valence-corrected chi connectivity index (χ0v) is 14.5. The van der Waals surface area contributed by atoms with E-state index in [4.69, 9.17) is 0 Å². The highest BCUT2D eigenvalue weighted by Crippen LogP contribution is 2.28. The van der Waals surface area contributed by atoms with Gasteiger partial charge in [-0.15, -0.1) is 0 Å². The zero-order valence-electron chi connectivity index (χ0n) is 13.7. The first kappa shape index (κ1) is 17.2. The van der Waals surface area contributed by atoms with Crippen LogP contribution in [0.2, 0.25) is 0 Å². The van der Waals surface area contributed by atoms with E-state index in [1.165, 1.54) is 0 Å². The smallest absolute Gasteiger partial charge is 0.281 e. The first-order valence-corrected chi connectivity index (χ1v) is 9.80. The van der Waals surface area contributed by atoms with Crippen LogP contribution in [0.15, 0.2) is 0 Å². The first-order valence-electron chi connectivity index (χ1n) is 8.41. The molecule has 6 heteroatoms. The molecule has 124 valence electrons. The van der Waals surface area contributed by atoms with Crippen molar-refractivity contribution in [1.82, 2.24) is 13.9 Å². The predicted molar refractivity (Wildman–Crippen MR) is 86.3 cm³/mol.